The third kappa shape index (κ3) is 6.44. The fourth-order valence-corrected chi connectivity index (χ4v) is 4.89. The van der Waals surface area contributed by atoms with Crippen molar-refractivity contribution in [3.05, 3.63) is 76.5 Å². The first-order valence-corrected chi connectivity index (χ1v) is 12.1. The quantitative estimate of drug-likeness (QED) is 0.413. The van der Waals surface area contributed by atoms with Crippen molar-refractivity contribution in [3.63, 3.8) is 0 Å². The van der Waals surface area contributed by atoms with Crippen LogP contribution in [0.5, 0.6) is 5.75 Å². The van der Waals surface area contributed by atoms with Crippen LogP contribution in [0.15, 0.2) is 58.0 Å². The van der Waals surface area contributed by atoms with Crippen LogP contribution in [-0.4, -0.2) is 20.9 Å². The van der Waals surface area contributed by atoms with Crippen molar-refractivity contribution in [1.82, 2.24) is 0 Å². The molecule has 0 fully saturated rings. The Hall–Kier alpha value is -2.26. The zero-order chi connectivity index (χ0) is 24.3. The molecule has 0 saturated heterocycles. The van der Waals surface area contributed by atoms with Gasteiger partial charge in [0.25, 0.3) is 10.0 Å². The van der Waals surface area contributed by atoms with E-state index in [9.17, 15) is 18.3 Å². The molecule has 0 radical (unpaired) electrons. The molecule has 34 heavy (non-hydrogen) atoms. The molecule has 0 N–H and O–H groups in total. The molecule has 0 saturated carbocycles. The molecule has 0 aliphatic carbocycles. The van der Waals surface area contributed by atoms with Crippen LogP contribution in [0.2, 0.25) is 0 Å². The second-order valence-electron chi connectivity index (χ2n) is 8.47. The zero-order valence-corrected chi connectivity index (χ0v) is 23.2. The molecule has 176 valence electrons. The van der Waals surface area contributed by atoms with Gasteiger partial charge in [-0.15, -0.1) is 0 Å². The van der Waals surface area contributed by atoms with Crippen LogP contribution >= 0.6 is 0 Å². The molecule has 0 atom stereocenters. The van der Waals surface area contributed by atoms with Crippen molar-refractivity contribution < 1.29 is 57.0 Å². The van der Waals surface area contributed by atoms with E-state index in [1.54, 1.807) is 31.2 Å². The third-order valence-electron chi connectivity index (χ3n) is 5.22. The monoisotopic (exact) mass is 493 g/mol. The Morgan fingerprint density at radius 3 is 2.18 bits per heavy atom. The van der Waals surface area contributed by atoms with E-state index in [4.69, 9.17) is 9.15 Å². The minimum absolute atomic E-state index is 0. The Bertz CT molecular complexity index is 1250. The number of carbonyl (C=O) groups excluding carboxylic acids is 1. The summed E-state index contributed by atoms with van der Waals surface area (Å²) < 4.78 is 39.9. The van der Waals surface area contributed by atoms with E-state index in [0.29, 0.717) is 17.2 Å². The molecule has 3 aromatic rings. The van der Waals surface area contributed by atoms with Gasteiger partial charge in [0.2, 0.25) is 5.09 Å². The van der Waals surface area contributed by atoms with E-state index in [2.05, 4.69) is 0 Å². The van der Waals surface area contributed by atoms with Crippen LogP contribution in [-0.2, 0) is 16.6 Å². The third-order valence-corrected chi connectivity index (χ3v) is 6.87. The molecular formula is C25H28NNaO6S. The molecule has 2 aromatic carbocycles. The number of carbonyl (C=O) groups is 1. The number of aromatic carboxylic acids is 1. The van der Waals surface area contributed by atoms with Crippen molar-refractivity contribution >= 4 is 21.7 Å². The summed E-state index contributed by atoms with van der Waals surface area (Å²) in [5.41, 5.74) is 3.12. The van der Waals surface area contributed by atoms with Gasteiger partial charge >= 0.3 is 29.6 Å². The van der Waals surface area contributed by atoms with Gasteiger partial charge in [0.1, 0.15) is 18.1 Å². The molecule has 1 aromatic heterocycles. The molecule has 0 amide bonds. The number of ether oxygens (including phenoxy) is 1. The van der Waals surface area contributed by atoms with Gasteiger partial charge in [0, 0.05) is 6.54 Å². The fraction of sp³-hybridized carbons (Fsp3) is 0.320. The maximum absolute atomic E-state index is 13.5. The smallest absolute Gasteiger partial charge is 0.545 e. The summed E-state index contributed by atoms with van der Waals surface area (Å²) in [6.45, 7) is 9.80. The molecule has 0 unspecified atom stereocenters. The molecule has 9 heteroatoms. The van der Waals surface area contributed by atoms with Crippen molar-refractivity contribution in [2.24, 2.45) is 5.92 Å². The second-order valence-corrected chi connectivity index (χ2v) is 10.3. The summed E-state index contributed by atoms with van der Waals surface area (Å²) in [5.74, 6) is -0.284. The van der Waals surface area contributed by atoms with Crippen LogP contribution in [0.3, 0.4) is 0 Å². The maximum atomic E-state index is 13.5. The van der Waals surface area contributed by atoms with Gasteiger partial charge in [-0.2, -0.15) is 8.42 Å². The molecule has 0 bridgehead atoms. The number of sulfonamides is 1. The molecule has 0 aliphatic rings. The number of carboxylic acids is 1. The molecule has 1 heterocycles. The van der Waals surface area contributed by atoms with Crippen LogP contribution in [0.4, 0.5) is 5.69 Å². The summed E-state index contributed by atoms with van der Waals surface area (Å²) >= 11 is 0. The van der Waals surface area contributed by atoms with E-state index < -0.39 is 16.0 Å². The Morgan fingerprint density at radius 1 is 1.03 bits per heavy atom. The topological polar surface area (TPSA) is 99.9 Å². The average molecular weight is 494 g/mol. The SMILES string of the molecule is Cc1ccc(S(=O)(=O)N(CC(C)C)c2cc(C)c(C)cc2OCc2ccc(C(=O)[O-])cc2)o1.[Na+]. The number of furan rings is 1. The van der Waals surface area contributed by atoms with Crippen LogP contribution in [0.25, 0.3) is 0 Å². The van der Waals surface area contributed by atoms with Gasteiger partial charge in [-0.1, -0.05) is 38.1 Å². The average Bonchev–Trinajstić information content (AvgIpc) is 3.20. The molecule has 7 nitrogen and oxygen atoms in total. The predicted octanol–water partition coefficient (Wildman–Crippen LogP) is 1.00. The largest absolute Gasteiger partial charge is 1.00 e. The number of anilines is 1. The summed E-state index contributed by atoms with van der Waals surface area (Å²) in [5, 5.41) is 10.8. The number of benzene rings is 2. The molecular weight excluding hydrogens is 465 g/mol. The Kier molecular flexibility index (Phi) is 9.42. The number of hydrogen-bond donors (Lipinski definition) is 0. The minimum Gasteiger partial charge on any atom is -0.545 e. The number of rotatable bonds is 9. The molecule has 0 aliphatic heterocycles. The standard InChI is InChI=1S/C25H29NO6S.Na/c1-16(2)14-26(33(29,30)24-11-6-19(5)32-24)22-12-17(3)18(4)13-23(22)31-15-20-7-9-21(10-8-20)25(27)28;/h6-13,16H,14-15H2,1-5H3,(H,27,28);/q;+1/p-1. The number of aryl methyl sites for hydroxylation is 3. The van der Waals surface area contributed by atoms with Crippen molar-refractivity contribution in [2.75, 3.05) is 10.8 Å². The Balaban J connectivity index is 0.00000408. The minimum atomic E-state index is -3.96. The molecule has 3 rings (SSSR count). The number of nitrogens with zero attached hydrogens (tertiary/aromatic N) is 1. The maximum Gasteiger partial charge on any atom is 1.00 e. The summed E-state index contributed by atoms with van der Waals surface area (Å²) in [6, 6.07) is 12.9. The van der Waals surface area contributed by atoms with Gasteiger partial charge < -0.3 is 19.1 Å². The molecule has 0 spiro atoms. The first kappa shape index (κ1) is 28.0. The fourth-order valence-electron chi connectivity index (χ4n) is 3.30. The van der Waals surface area contributed by atoms with Gasteiger partial charge in [-0.05, 0) is 73.2 Å². The van der Waals surface area contributed by atoms with Gasteiger partial charge in [-0.3, -0.25) is 4.31 Å². The van der Waals surface area contributed by atoms with Crippen LogP contribution in [0, 0.1) is 26.7 Å². The number of hydrogen-bond acceptors (Lipinski definition) is 6. The van der Waals surface area contributed by atoms with E-state index in [1.807, 2.05) is 33.8 Å². The van der Waals surface area contributed by atoms with Crippen molar-refractivity contribution in [3.8, 4) is 5.75 Å². The first-order chi connectivity index (χ1) is 15.5. The van der Waals surface area contributed by atoms with Crippen LogP contribution in [0.1, 0.15) is 46.7 Å². The van der Waals surface area contributed by atoms with Gasteiger partial charge in [0.05, 0.1) is 11.7 Å². The Morgan fingerprint density at radius 2 is 1.65 bits per heavy atom. The first-order valence-electron chi connectivity index (χ1n) is 10.6. The van der Waals surface area contributed by atoms with Gasteiger partial charge in [0.15, 0.2) is 0 Å². The zero-order valence-electron chi connectivity index (χ0n) is 20.4. The number of carboxylic acid groups (broad SMARTS) is 1. The predicted molar refractivity (Wildman–Crippen MR) is 124 cm³/mol. The van der Waals surface area contributed by atoms with Crippen LogP contribution < -0.4 is 43.7 Å². The van der Waals surface area contributed by atoms with Gasteiger partial charge in [-0.25, -0.2) is 0 Å². The Labute approximate surface area is 223 Å². The van der Waals surface area contributed by atoms with E-state index in [0.717, 1.165) is 16.7 Å². The summed E-state index contributed by atoms with van der Waals surface area (Å²) in [4.78, 5) is 11.0. The second kappa shape index (κ2) is 11.4. The van der Waals surface area contributed by atoms with E-state index >= 15 is 0 Å². The van der Waals surface area contributed by atoms with E-state index in [-0.39, 0.29) is 59.3 Å². The normalized spacial score (nSPS) is 11.2. The van der Waals surface area contributed by atoms with E-state index in [1.165, 1.54) is 22.5 Å². The summed E-state index contributed by atoms with van der Waals surface area (Å²) in [7, 11) is -3.96. The van der Waals surface area contributed by atoms with Crippen molar-refractivity contribution in [2.45, 2.75) is 46.3 Å². The summed E-state index contributed by atoms with van der Waals surface area (Å²) in [6.07, 6.45) is 0. The van der Waals surface area contributed by atoms with Crippen molar-refractivity contribution in [1.29, 1.82) is 0 Å².